The lowest BCUT2D eigenvalue weighted by atomic mass is 10.1. The maximum Gasteiger partial charge on any atom is 0.339 e. The molecule has 0 aromatic heterocycles. The van der Waals surface area contributed by atoms with Crippen molar-refractivity contribution in [3.8, 4) is 11.5 Å². The number of nitro groups is 1. The monoisotopic (exact) mass is 269 g/mol. The van der Waals surface area contributed by atoms with E-state index in [1.54, 1.807) is 20.8 Å². The molecule has 0 radical (unpaired) electrons. The largest absolute Gasteiger partial charge is 0.490 e. The highest BCUT2D eigenvalue weighted by Crippen LogP contribution is 2.36. The SMILES string of the molecule is CCOc1cc([N+](=O)[O-])cc(C(=O)O)c1OC(C)C. The first kappa shape index (κ1) is 14.7. The van der Waals surface area contributed by atoms with Crippen molar-refractivity contribution in [2.45, 2.75) is 26.9 Å². The molecule has 1 N–H and O–H groups in total. The van der Waals surface area contributed by atoms with Gasteiger partial charge in [-0.15, -0.1) is 0 Å². The number of carboxylic acids is 1. The molecule has 0 heterocycles. The van der Waals surface area contributed by atoms with Gasteiger partial charge in [0.05, 0.1) is 23.7 Å². The first-order valence-corrected chi connectivity index (χ1v) is 5.72. The fraction of sp³-hybridized carbons (Fsp3) is 0.417. The van der Waals surface area contributed by atoms with Crippen LogP contribution in [0.3, 0.4) is 0 Å². The molecule has 0 atom stereocenters. The maximum atomic E-state index is 11.2. The lowest BCUT2D eigenvalue weighted by Crippen LogP contribution is -2.12. The summed E-state index contributed by atoms with van der Waals surface area (Å²) < 4.78 is 10.6. The average Bonchev–Trinajstić information content (AvgIpc) is 2.30. The predicted molar refractivity (Wildman–Crippen MR) is 67.0 cm³/mol. The molecule has 0 saturated carbocycles. The third-order valence-corrected chi connectivity index (χ3v) is 2.13. The molecule has 7 nitrogen and oxygen atoms in total. The molecule has 7 heteroatoms. The van der Waals surface area contributed by atoms with Gasteiger partial charge in [-0.25, -0.2) is 4.79 Å². The molecule has 0 aliphatic rings. The van der Waals surface area contributed by atoms with E-state index in [1.165, 1.54) is 0 Å². The van der Waals surface area contributed by atoms with E-state index in [2.05, 4.69) is 0 Å². The van der Waals surface area contributed by atoms with E-state index in [1.807, 2.05) is 0 Å². The number of non-ortho nitro benzene ring substituents is 1. The molecule has 0 amide bonds. The van der Waals surface area contributed by atoms with Crippen molar-refractivity contribution >= 4 is 11.7 Å². The van der Waals surface area contributed by atoms with E-state index >= 15 is 0 Å². The van der Waals surface area contributed by atoms with E-state index in [-0.39, 0.29) is 35.5 Å². The third kappa shape index (κ3) is 3.57. The smallest absolute Gasteiger partial charge is 0.339 e. The highest BCUT2D eigenvalue weighted by atomic mass is 16.6. The minimum atomic E-state index is -1.31. The molecular weight excluding hydrogens is 254 g/mol. The average molecular weight is 269 g/mol. The van der Waals surface area contributed by atoms with Crippen LogP contribution in [-0.2, 0) is 0 Å². The van der Waals surface area contributed by atoms with Crippen LogP contribution < -0.4 is 9.47 Å². The van der Waals surface area contributed by atoms with Crippen molar-refractivity contribution in [2.75, 3.05) is 6.61 Å². The molecule has 1 aromatic rings. The zero-order chi connectivity index (χ0) is 14.6. The number of ether oxygens (including phenoxy) is 2. The van der Waals surface area contributed by atoms with Crippen LogP contribution >= 0.6 is 0 Å². The van der Waals surface area contributed by atoms with Gasteiger partial charge in [0.25, 0.3) is 5.69 Å². The van der Waals surface area contributed by atoms with Gasteiger partial charge in [0.15, 0.2) is 11.5 Å². The van der Waals surface area contributed by atoms with Gasteiger partial charge < -0.3 is 14.6 Å². The molecule has 0 unspecified atom stereocenters. The van der Waals surface area contributed by atoms with Crippen LogP contribution in [0.25, 0.3) is 0 Å². The summed E-state index contributed by atoms with van der Waals surface area (Å²) in [4.78, 5) is 21.3. The molecule has 0 spiro atoms. The van der Waals surface area contributed by atoms with Crippen LogP contribution in [0.4, 0.5) is 5.69 Å². The maximum absolute atomic E-state index is 11.2. The molecular formula is C12H15NO6. The number of hydrogen-bond acceptors (Lipinski definition) is 5. The Labute approximate surface area is 109 Å². The van der Waals surface area contributed by atoms with Crippen molar-refractivity contribution in [2.24, 2.45) is 0 Å². The van der Waals surface area contributed by atoms with Crippen molar-refractivity contribution in [1.82, 2.24) is 0 Å². The summed E-state index contributed by atoms with van der Waals surface area (Å²) in [6.45, 7) is 5.39. The second kappa shape index (κ2) is 6.03. The fourth-order valence-corrected chi connectivity index (χ4v) is 1.47. The summed E-state index contributed by atoms with van der Waals surface area (Å²) in [6, 6.07) is 2.12. The summed E-state index contributed by atoms with van der Waals surface area (Å²) in [6.07, 6.45) is -0.279. The van der Waals surface area contributed by atoms with Gasteiger partial charge in [-0.2, -0.15) is 0 Å². The Morgan fingerprint density at radius 1 is 1.47 bits per heavy atom. The van der Waals surface area contributed by atoms with E-state index in [0.29, 0.717) is 0 Å². The summed E-state index contributed by atoms with van der Waals surface area (Å²) in [5.41, 5.74) is -0.636. The first-order valence-electron chi connectivity index (χ1n) is 5.72. The van der Waals surface area contributed by atoms with Crippen LogP contribution in [0, 0.1) is 10.1 Å². The van der Waals surface area contributed by atoms with E-state index in [9.17, 15) is 14.9 Å². The third-order valence-electron chi connectivity index (χ3n) is 2.13. The summed E-state index contributed by atoms with van der Waals surface area (Å²) in [5, 5.41) is 19.9. The number of carboxylic acid groups (broad SMARTS) is 1. The summed E-state index contributed by atoms with van der Waals surface area (Å²) in [7, 11) is 0. The normalized spacial score (nSPS) is 10.3. The van der Waals surface area contributed by atoms with E-state index in [0.717, 1.165) is 12.1 Å². The number of rotatable bonds is 6. The van der Waals surface area contributed by atoms with Gasteiger partial charge in [-0.05, 0) is 20.8 Å². The number of carbonyl (C=O) groups is 1. The standard InChI is InChI=1S/C12H15NO6/c1-4-18-10-6-8(13(16)17)5-9(12(14)15)11(10)19-7(2)3/h5-7H,4H2,1-3H3,(H,14,15). The van der Waals surface area contributed by atoms with E-state index in [4.69, 9.17) is 14.6 Å². The van der Waals surface area contributed by atoms with Crippen LogP contribution in [0.2, 0.25) is 0 Å². The van der Waals surface area contributed by atoms with Gasteiger partial charge >= 0.3 is 5.97 Å². The predicted octanol–water partition coefficient (Wildman–Crippen LogP) is 2.48. The van der Waals surface area contributed by atoms with Gasteiger partial charge in [-0.3, -0.25) is 10.1 Å². The number of benzene rings is 1. The Kier molecular flexibility index (Phi) is 4.68. The van der Waals surface area contributed by atoms with Crippen LogP contribution in [0.1, 0.15) is 31.1 Å². The summed E-state index contributed by atoms with van der Waals surface area (Å²) >= 11 is 0. The molecule has 19 heavy (non-hydrogen) atoms. The zero-order valence-electron chi connectivity index (χ0n) is 10.9. The minimum Gasteiger partial charge on any atom is -0.490 e. The second-order valence-corrected chi connectivity index (χ2v) is 3.98. The van der Waals surface area contributed by atoms with Gasteiger partial charge in [-0.1, -0.05) is 0 Å². The van der Waals surface area contributed by atoms with Crippen molar-refractivity contribution in [3.05, 3.63) is 27.8 Å². The van der Waals surface area contributed by atoms with Gasteiger partial charge in [0.1, 0.15) is 5.56 Å². The molecule has 104 valence electrons. The molecule has 1 rings (SSSR count). The number of aromatic carboxylic acids is 1. The van der Waals surface area contributed by atoms with E-state index < -0.39 is 10.9 Å². The lowest BCUT2D eigenvalue weighted by molar-refractivity contribution is -0.385. The molecule has 0 aliphatic heterocycles. The van der Waals surface area contributed by atoms with Gasteiger partial charge in [0, 0.05) is 6.07 Å². The Hall–Kier alpha value is -2.31. The van der Waals surface area contributed by atoms with Crippen molar-refractivity contribution in [3.63, 3.8) is 0 Å². The molecule has 0 aliphatic carbocycles. The highest BCUT2D eigenvalue weighted by Gasteiger charge is 2.23. The van der Waals surface area contributed by atoms with Crippen LogP contribution in [-0.4, -0.2) is 28.7 Å². The van der Waals surface area contributed by atoms with Crippen molar-refractivity contribution < 1.29 is 24.3 Å². The Morgan fingerprint density at radius 3 is 2.53 bits per heavy atom. The molecule has 0 bridgehead atoms. The Bertz CT molecular complexity index is 497. The quantitative estimate of drug-likeness (QED) is 0.629. The number of hydrogen-bond donors (Lipinski definition) is 1. The Balaban J connectivity index is 3.45. The molecule has 1 aromatic carbocycles. The fourth-order valence-electron chi connectivity index (χ4n) is 1.47. The topological polar surface area (TPSA) is 98.9 Å². The minimum absolute atomic E-state index is 0.00921. The highest BCUT2D eigenvalue weighted by molar-refractivity contribution is 5.93. The lowest BCUT2D eigenvalue weighted by Gasteiger charge is -2.16. The molecule has 0 fully saturated rings. The number of nitro benzene ring substituents is 1. The van der Waals surface area contributed by atoms with Crippen molar-refractivity contribution in [1.29, 1.82) is 0 Å². The number of nitrogens with zero attached hydrogens (tertiary/aromatic N) is 1. The second-order valence-electron chi connectivity index (χ2n) is 3.98. The Morgan fingerprint density at radius 2 is 2.11 bits per heavy atom. The summed E-state index contributed by atoms with van der Waals surface area (Å²) in [5.74, 6) is -1.24. The molecule has 0 saturated heterocycles. The van der Waals surface area contributed by atoms with Crippen LogP contribution in [0.15, 0.2) is 12.1 Å². The first-order chi connectivity index (χ1) is 8.86. The van der Waals surface area contributed by atoms with Gasteiger partial charge in [0.2, 0.25) is 0 Å². The van der Waals surface area contributed by atoms with Crippen LogP contribution in [0.5, 0.6) is 11.5 Å². The zero-order valence-corrected chi connectivity index (χ0v) is 10.9.